The summed E-state index contributed by atoms with van der Waals surface area (Å²) in [5.74, 6) is 1.70. The minimum absolute atomic E-state index is 0.745. The van der Waals surface area contributed by atoms with Gasteiger partial charge < -0.3 is 0 Å². The molecule has 0 aliphatic heterocycles. The number of benzene rings is 2. The molecule has 1 saturated carbocycles. The van der Waals surface area contributed by atoms with E-state index in [0.717, 1.165) is 11.8 Å². The van der Waals surface area contributed by atoms with Crippen LogP contribution in [-0.2, 0) is 0 Å². The molecule has 0 saturated heterocycles. The summed E-state index contributed by atoms with van der Waals surface area (Å²) in [6, 6.07) is 15.5. The van der Waals surface area contributed by atoms with Gasteiger partial charge in [-0.15, -0.1) is 0 Å². The van der Waals surface area contributed by atoms with Crippen LogP contribution in [0.2, 0.25) is 0 Å². The highest BCUT2D eigenvalue weighted by Crippen LogP contribution is 2.42. The molecule has 1 unspecified atom stereocenters. The molecule has 0 spiro atoms. The van der Waals surface area contributed by atoms with Crippen LogP contribution < -0.4 is 0 Å². The Morgan fingerprint density at radius 2 is 1.73 bits per heavy atom. The van der Waals surface area contributed by atoms with Gasteiger partial charge in [0.25, 0.3) is 0 Å². The normalized spacial score (nSPS) is 17.9. The first-order valence-corrected chi connectivity index (χ1v) is 5.83. The van der Waals surface area contributed by atoms with E-state index in [2.05, 4.69) is 49.4 Å². The van der Waals surface area contributed by atoms with Gasteiger partial charge in [-0.2, -0.15) is 0 Å². The Labute approximate surface area is 90.9 Å². The van der Waals surface area contributed by atoms with Crippen LogP contribution in [0.3, 0.4) is 0 Å². The van der Waals surface area contributed by atoms with Gasteiger partial charge in [0.05, 0.1) is 0 Å². The van der Waals surface area contributed by atoms with E-state index in [1.807, 2.05) is 0 Å². The van der Waals surface area contributed by atoms with Crippen molar-refractivity contribution in [2.24, 2.45) is 5.92 Å². The van der Waals surface area contributed by atoms with Crippen LogP contribution in [0.4, 0.5) is 0 Å². The number of hydrogen-bond donors (Lipinski definition) is 0. The Balaban J connectivity index is 2.05. The van der Waals surface area contributed by atoms with Gasteiger partial charge in [0, 0.05) is 0 Å². The fourth-order valence-corrected chi connectivity index (χ4v) is 2.36. The third-order valence-electron chi connectivity index (χ3n) is 3.63. The lowest BCUT2D eigenvalue weighted by molar-refractivity contribution is 0.665. The van der Waals surface area contributed by atoms with Crippen molar-refractivity contribution in [3.8, 4) is 0 Å². The average molecular weight is 196 g/mol. The van der Waals surface area contributed by atoms with Gasteiger partial charge >= 0.3 is 0 Å². The van der Waals surface area contributed by atoms with Gasteiger partial charge in [-0.25, -0.2) is 0 Å². The number of hydrogen-bond acceptors (Lipinski definition) is 0. The van der Waals surface area contributed by atoms with Crippen LogP contribution in [0.5, 0.6) is 0 Å². The van der Waals surface area contributed by atoms with E-state index < -0.39 is 0 Å². The topological polar surface area (TPSA) is 0 Å². The minimum Gasteiger partial charge on any atom is -0.0616 e. The first kappa shape index (κ1) is 8.96. The zero-order valence-corrected chi connectivity index (χ0v) is 9.11. The second-order valence-corrected chi connectivity index (χ2v) is 4.73. The second kappa shape index (κ2) is 3.37. The van der Waals surface area contributed by atoms with Gasteiger partial charge in [0.1, 0.15) is 0 Å². The lowest BCUT2D eigenvalue weighted by Gasteiger charge is -2.11. The molecule has 2 aromatic carbocycles. The molecule has 0 amide bonds. The number of rotatable bonds is 2. The first-order chi connectivity index (χ1) is 7.34. The van der Waals surface area contributed by atoms with E-state index in [1.54, 1.807) is 0 Å². The summed E-state index contributed by atoms with van der Waals surface area (Å²) in [6.45, 7) is 2.36. The smallest absolute Gasteiger partial charge is 0.0162 e. The third kappa shape index (κ3) is 1.65. The molecule has 0 nitrogen and oxygen atoms in total. The zero-order valence-electron chi connectivity index (χ0n) is 9.11. The first-order valence-electron chi connectivity index (χ1n) is 5.83. The average Bonchev–Trinajstić information content (AvgIpc) is 3.11. The van der Waals surface area contributed by atoms with E-state index in [0.29, 0.717) is 0 Å². The molecule has 3 rings (SSSR count). The molecule has 1 aliphatic rings. The van der Waals surface area contributed by atoms with Crippen LogP contribution >= 0.6 is 0 Å². The maximum absolute atomic E-state index is 2.36. The molecule has 0 radical (unpaired) electrons. The molecule has 1 aliphatic carbocycles. The summed E-state index contributed by atoms with van der Waals surface area (Å²) in [7, 11) is 0. The SMILES string of the molecule is CC(c1ccc2ccccc2c1)C1CC1. The molecular formula is C15H16. The molecule has 0 heteroatoms. The summed E-state index contributed by atoms with van der Waals surface area (Å²) in [5, 5.41) is 2.73. The van der Waals surface area contributed by atoms with Gasteiger partial charge in [-0.1, -0.05) is 49.4 Å². The third-order valence-corrected chi connectivity index (χ3v) is 3.63. The highest BCUT2D eigenvalue weighted by molar-refractivity contribution is 5.83. The largest absolute Gasteiger partial charge is 0.0616 e. The van der Waals surface area contributed by atoms with Crippen LogP contribution in [0.15, 0.2) is 42.5 Å². The van der Waals surface area contributed by atoms with E-state index in [9.17, 15) is 0 Å². The lowest BCUT2D eigenvalue weighted by atomic mass is 9.94. The van der Waals surface area contributed by atoms with Gasteiger partial charge in [-0.3, -0.25) is 0 Å². The fraction of sp³-hybridized carbons (Fsp3) is 0.333. The Bertz CT molecular complexity index is 480. The minimum atomic E-state index is 0.745. The molecule has 2 aromatic rings. The monoisotopic (exact) mass is 196 g/mol. The highest BCUT2D eigenvalue weighted by Gasteiger charge is 2.28. The summed E-state index contributed by atoms with van der Waals surface area (Å²) in [5.41, 5.74) is 1.51. The predicted molar refractivity (Wildman–Crippen MR) is 65.1 cm³/mol. The van der Waals surface area contributed by atoms with Crippen LogP contribution in [0, 0.1) is 5.92 Å². The van der Waals surface area contributed by atoms with Gasteiger partial charge in [0.2, 0.25) is 0 Å². The van der Waals surface area contributed by atoms with Crippen molar-refractivity contribution in [1.82, 2.24) is 0 Å². The molecule has 0 aromatic heterocycles. The summed E-state index contributed by atoms with van der Waals surface area (Å²) < 4.78 is 0. The zero-order chi connectivity index (χ0) is 10.3. The maximum atomic E-state index is 2.36. The molecule has 76 valence electrons. The van der Waals surface area contributed by atoms with Crippen molar-refractivity contribution < 1.29 is 0 Å². The molecule has 1 fully saturated rings. The second-order valence-electron chi connectivity index (χ2n) is 4.73. The van der Waals surface area contributed by atoms with E-state index >= 15 is 0 Å². The molecule has 0 heterocycles. The molecular weight excluding hydrogens is 180 g/mol. The standard InChI is InChI=1S/C15H16/c1-11(12-6-7-12)14-9-8-13-4-2-3-5-15(13)10-14/h2-5,8-12H,6-7H2,1H3. The van der Waals surface area contributed by atoms with E-state index in [4.69, 9.17) is 0 Å². The van der Waals surface area contributed by atoms with Gasteiger partial charge in [-0.05, 0) is 41.0 Å². The van der Waals surface area contributed by atoms with Crippen molar-refractivity contribution in [2.75, 3.05) is 0 Å². The Morgan fingerprint density at radius 1 is 1.00 bits per heavy atom. The van der Waals surface area contributed by atoms with E-state index in [1.165, 1.54) is 29.2 Å². The Hall–Kier alpha value is -1.30. The van der Waals surface area contributed by atoms with Crippen LogP contribution in [-0.4, -0.2) is 0 Å². The summed E-state index contributed by atoms with van der Waals surface area (Å²) >= 11 is 0. The Morgan fingerprint density at radius 3 is 2.47 bits per heavy atom. The van der Waals surface area contributed by atoms with Gasteiger partial charge in [0.15, 0.2) is 0 Å². The van der Waals surface area contributed by atoms with Crippen molar-refractivity contribution >= 4 is 10.8 Å². The quantitative estimate of drug-likeness (QED) is 0.669. The van der Waals surface area contributed by atoms with Crippen molar-refractivity contribution in [2.45, 2.75) is 25.7 Å². The molecule has 15 heavy (non-hydrogen) atoms. The molecule has 0 bridgehead atoms. The van der Waals surface area contributed by atoms with Crippen molar-refractivity contribution in [3.05, 3.63) is 48.0 Å². The lowest BCUT2D eigenvalue weighted by Crippen LogP contribution is -1.94. The summed E-state index contributed by atoms with van der Waals surface area (Å²) in [4.78, 5) is 0. The van der Waals surface area contributed by atoms with Crippen LogP contribution in [0.1, 0.15) is 31.2 Å². The summed E-state index contributed by atoms with van der Waals surface area (Å²) in [6.07, 6.45) is 2.85. The van der Waals surface area contributed by atoms with Crippen molar-refractivity contribution in [1.29, 1.82) is 0 Å². The van der Waals surface area contributed by atoms with Crippen molar-refractivity contribution in [3.63, 3.8) is 0 Å². The predicted octanol–water partition coefficient (Wildman–Crippen LogP) is 4.35. The fourth-order valence-electron chi connectivity index (χ4n) is 2.36. The van der Waals surface area contributed by atoms with E-state index in [-0.39, 0.29) is 0 Å². The van der Waals surface area contributed by atoms with Crippen LogP contribution in [0.25, 0.3) is 10.8 Å². The maximum Gasteiger partial charge on any atom is -0.0162 e. The molecule has 0 N–H and O–H groups in total. The Kier molecular flexibility index (Phi) is 2.02. The highest BCUT2D eigenvalue weighted by atomic mass is 14.3. The molecule has 1 atom stereocenters. The number of fused-ring (bicyclic) bond motifs is 1.